The zero-order chi connectivity index (χ0) is 14.5. The summed E-state index contributed by atoms with van der Waals surface area (Å²) in [7, 11) is 0. The van der Waals surface area contributed by atoms with Gasteiger partial charge in [0.05, 0.1) is 12.2 Å². The van der Waals surface area contributed by atoms with Gasteiger partial charge < -0.3 is 20.1 Å². The second kappa shape index (κ2) is 5.97. The zero-order valence-corrected chi connectivity index (χ0v) is 10.6. The van der Waals surface area contributed by atoms with E-state index in [1.54, 1.807) is 24.3 Å². The molecule has 20 heavy (non-hydrogen) atoms. The fourth-order valence-corrected chi connectivity index (χ4v) is 1.66. The third-order valence-corrected chi connectivity index (χ3v) is 2.77. The minimum absolute atomic E-state index is 0.172. The number of benzene rings is 2. The lowest BCUT2D eigenvalue weighted by atomic mass is 10.1. The first-order valence-electron chi connectivity index (χ1n) is 6.03. The molecule has 0 atom stereocenters. The normalized spacial score (nSPS) is 10.2. The molecule has 0 amide bonds. The molecule has 0 fully saturated rings. The second-order valence-electron chi connectivity index (χ2n) is 4.26. The molecule has 0 saturated carbocycles. The van der Waals surface area contributed by atoms with Gasteiger partial charge >= 0.3 is 5.97 Å². The highest BCUT2D eigenvalue weighted by molar-refractivity contribution is 5.90. The van der Waals surface area contributed by atoms with Crippen LogP contribution in [0.25, 0.3) is 0 Å². The van der Waals surface area contributed by atoms with Crippen LogP contribution in [0.4, 0.5) is 0 Å². The summed E-state index contributed by atoms with van der Waals surface area (Å²) in [6.45, 7) is 0.186. The predicted octanol–water partition coefficient (Wildman–Crippen LogP) is 2.20. The number of hydrogen-bond donors (Lipinski definition) is 3. The van der Waals surface area contributed by atoms with Crippen molar-refractivity contribution < 1.29 is 24.9 Å². The van der Waals surface area contributed by atoms with E-state index in [2.05, 4.69) is 0 Å². The standard InChI is InChI=1S/C15H14O5/c16-12-4-1-10(2-5-12)7-8-20-15(19)11-3-6-13(17)14(18)9-11/h1-6,9,16-18H,7-8H2. The van der Waals surface area contributed by atoms with Gasteiger partial charge in [-0.05, 0) is 35.9 Å². The lowest BCUT2D eigenvalue weighted by Crippen LogP contribution is -2.08. The van der Waals surface area contributed by atoms with Crippen molar-refractivity contribution in [1.82, 2.24) is 0 Å². The number of rotatable bonds is 4. The van der Waals surface area contributed by atoms with E-state index in [1.807, 2.05) is 0 Å². The van der Waals surface area contributed by atoms with Crippen LogP contribution in [0.2, 0.25) is 0 Å². The molecule has 2 aromatic carbocycles. The van der Waals surface area contributed by atoms with Crippen LogP contribution in [-0.4, -0.2) is 27.9 Å². The molecule has 0 radical (unpaired) electrons. The highest BCUT2D eigenvalue weighted by Crippen LogP contribution is 2.25. The van der Waals surface area contributed by atoms with E-state index in [4.69, 9.17) is 14.9 Å². The first-order chi connectivity index (χ1) is 9.56. The lowest BCUT2D eigenvalue weighted by Gasteiger charge is -2.06. The Morgan fingerprint density at radius 3 is 2.30 bits per heavy atom. The Bertz CT molecular complexity index is 604. The summed E-state index contributed by atoms with van der Waals surface area (Å²) in [6, 6.07) is 10.4. The quantitative estimate of drug-likeness (QED) is 0.587. The maximum absolute atomic E-state index is 11.7. The largest absolute Gasteiger partial charge is 0.508 e. The molecule has 0 saturated heterocycles. The highest BCUT2D eigenvalue weighted by atomic mass is 16.5. The summed E-state index contributed by atoms with van der Waals surface area (Å²) in [5, 5.41) is 27.6. The van der Waals surface area contributed by atoms with Crippen molar-refractivity contribution in [2.45, 2.75) is 6.42 Å². The highest BCUT2D eigenvalue weighted by Gasteiger charge is 2.10. The van der Waals surface area contributed by atoms with Crippen molar-refractivity contribution in [2.24, 2.45) is 0 Å². The molecule has 2 rings (SSSR count). The van der Waals surface area contributed by atoms with E-state index in [-0.39, 0.29) is 29.4 Å². The maximum atomic E-state index is 11.7. The van der Waals surface area contributed by atoms with E-state index < -0.39 is 5.97 Å². The molecule has 0 aromatic heterocycles. The molecule has 0 spiro atoms. The Morgan fingerprint density at radius 2 is 1.65 bits per heavy atom. The number of hydrogen-bond acceptors (Lipinski definition) is 5. The number of phenolic OH excluding ortho intramolecular Hbond substituents is 3. The minimum atomic E-state index is -0.570. The van der Waals surface area contributed by atoms with E-state index in [0.717, 1.165) is 11.6 Å². The Kier molecular flexibility index (Phi) is 4.10. The van der Waals surface area contributed by atoms with Gasteiger partial charge in [-0.25, -0.2) is 4.79 Å². The number of esters is 1. The van der Waals surface area contributed by atoms with Gasteiger partial charge in [0.15, 0.2) is 11.5 Å². The van der Waals surface area contributed by atoms with Crippen LogP contribution in [-0.2, 0) is 11.2 Å². The predicted molar refractivity (Wildman–Crippen MR) is 71.9 cm³/mol. The molecule has 5 nitrogen and oxygen atoms in total. The van der Waals surface area contributed by atoms with Gasteiger partial charge in [-0.15, -0.1) is 0 Å². The second-order valence-corrected chi connectivity index (χ2v) is 4.26. The van der Waals surface area contributed by atoms with Crippen molar-refractivity contribution in [3.05, 3.63) is 53.6 Å². The van der Waals surface area contributed by atoms with E-state index in [1.165, 1.54) is 12.1 Å². The summed E-state index contributed by atoms with van der Waals surface area (Å²) in [5.74, 6) is -1.03. The Morgan fingerprint density at radius 1 is 0.950 bits per heavy atom. The summed E-state index contributed by atoms with van der Waals surface area (Å²) < 4.78 is 5.06. The molecule has 0 unspecified atom stereocenters. The molecule has 2 aromatic rings. The zero-order valence-electron chi connectivity index (χ0n) is 10.6. The monoisotopic (exact) mass is 274 g/mol. The maximum Gasteiger partial charge on any atom is 0.338 e. The average Bonchev–Trinajstić information content (AvgIpc) is 2.44. The van der Waals surface area contributed by atoms with Gasteiger partial charge in [0.25, 0.3) is 0 Å². The lowest BCUT2D eigenvalue weighted by molar-refractivity contribution is 0.0509. The van der Waals surface area contributed by atoms with Crippen LogP contribution >= 0.6 is 0 Å². The van der Waals surface area contributed by atoms with Gasteiger partial charge in [-0.1, -0.05) is 12.1 Å². The van der Waals surface area contributed by atoms with Crippen LogP contribution in [0, 0.1) is 0 Å². The molecule has 0 bridgehead atoms. The SMILES string of the molecule is O=C(OCCc1ccc(O)cc1)c1ccc(O)c(O)c1. The Labute approximate surface area is 115 Å². The van der Waals surface area contributed by atoms with E-state index >= 15 is 0 Å². The van der Waals surface area contributed by atoms with Crippen molar-refractivity contribution in [1.29, 1.82) is 0 Å². The molecular weight excluding hydrogens is 260 g/mol. The van der Waals surface area contributed by atoms with Gasteiger partial charge in [-0.3, -0.25) is 0 Å². The smallest absolute Gasteiger partial charge is 0.338 e. The van der Waals surface area contributed by atoms with Crippen molar-refractivity contribution in [3.63, 3.8) is 0 Å². The number of carbonyl (C=O) groups is 1. The molecule has 0 heterocycles. The van der Waals surface area contributed by atoms with Gasteiger partial charge in [0.2, 0.25) is 0 Å². The van der Waals surface area contributed by atoms with Crippen LogP contribution in [0.3, 0.4) is 0 Å². The van der Waals surface area contributed by atoms with Crippen LogP contribution in [0.1, 0.15) is 15.9 Å². The summed E-state index contributed by atoms with van der Waals surface area (Å²) in [6.07, 6.45) is 0.524. The number of carbonyl (C=O) groups excluding carboxylic acids is 1. The fraction of sp³-hybridized carbons (Fsp3) is 0.133. The molecule has 5 heteroatoms. The van der Waals surface area contributed by atoms with Gasteiger partial charge in [0.1, 0.15) is 5.75 Å². The molecule has 104 valence electrons. The summed E-state index contributed by atoms with van der Waals surface area (Å²) >= 11 is 0. The number of aromatic hydroxyl groups is 3. The Balaban J connectivity index is 1.88. The molecule has 3 N–H and O–H groups in total. The third-order valence-electron chi connectivity index (χ3n) is 2.77. The molecular formula is C15H14O5. The van der Waals surface area contributed by atoms with Crippen molar-refractivity contribution >= 4 is 5.97 Å². The van der Waals surface area contributed by atoms with Crippen molar-refractivity contribution in [2.75, 3.05) is 6.61 Å². The topological polar surface area (TPSA) is 87.0 Å². The first kappa shape index (κ1) is 13.7. The molecule has 0 aliphatic heterocycles. The van der Waals surface area contributed by atoms with Gasteiger partial charge in [-0.2, -0.15) is 0 Å². The fourth-order valence-electron chi connectivity index (χ4n) is 1.66. The number of phenols is 3. The van der Waals surface area contributed by atoms with E-state index in [0.29, 0.717) is 6.42 Å². The molecule has 0 aliphatic rings. The Hall–Kier alpha value is -2.69. The summed E-state index contributed by atoms with van der Waals surface area (Å²) in [5.41, 5.74) is 1.11. The van der Waals surface area contributed by atoms with E-state index in [9.17, 15) is 9.90 Å². The van der Waals surface area contributed by atoms with Crippen LogP contribution in [0.15, 0.2) is 42.5 Å². The van der Waals surface area contributed by atoms with Crippen molar-refractivity contribution in [3.8, 4) is 17.2 Å². The first-order valence-corrected chi connectivity index (χ1v) is 6.03. The summed E-state index contributed by atoms with van der Waals surface area (Å²) in [4.78, 5) is 11.7. The van der Waals surface area contributed by atoms with Crippen LogP contribution < -0.4 is 0 Å². The average molecular weight is 274 g/mol. The number of ether oxygens (including phenoxy) is 1. The molecule has 0 aliphatic carbocycles. The van der Waals surface area contributed by atoms with Gasteiger partial charge in [0, 0.05) is 6.42 Å². The third kappa shape index (κ3) is 3.41. The van der Waals surface area contributed by atoms with Crippen LogP contribution in [0.5, 0.6) is 17.2 Å². The minimum Gasteiger partial charge on any atom is -0.508 e.